The molecule has 0 bridgehead atoms. The Morgan fingerprint density at radius 3 is 2.44 bits per heavy atom. The minimum Gasteiger partial charge on any atom is -0.359 e. The van der Waals surface area contributed by atoms with Crippen LogP contribution in [0.3, 0.4) is 0 Å². The van der Waals surface area contributed by atoms with E-state index in [1.165, 1.54) is 6.07 Å². The number of amides is 2. The van der Waals surface area contributed by atoms with Crippen LogP contribution in [0.25, 0.3) is 0 Å². The predicted molar refractivity (Wildman–Crippen MR) is 93.5 cm³/mol. The summed E-state index contributed by atoms with van der Waals surface area (Å²) in [5, 5.41) is 9.67. The van der Waals surface area contributed by atoms with E-state index < -0.39 is 0 Å². The van der Waals surface area contributed by atoms with Gasteiger partial charge in [0, 0.05) is 22.3 Å². The fourth-order valence-electron chi connectivity index (χ4n) is 2.09. The molecule has 3 aromatic rings. The fourth-order valence-corrected chi connectivity index (χ4v) is 2.22. The Balaban J connectivity index is 1.57. The first kappa shape index (κ1) is 16.7. The second-order valence-electron chi connectivity index (χ2n) is 5.19. The van der Waals surface area contributed by atoms with Crippen LogP contribution in [-0.4, -0.2) is 17.0 Å². The molecule has 0 atom stereocenters. The Labute approximate surface area is 148 Å². The Morgan fingerprint density at radius 1 is 1.00 bits per heavy atom. The summed E-state index contributed by atoms with van der Waals surface area (Å²) in [4.78, 5) is 24.1. The van der Waals surface area contributed by atoms with Crippen molar-refractivity contribution in [3.63, 3.8) is 0 Å². The first-order valence-corrected chi connectivity index (χ1v) is 7.85. The molecule has 0 aliphatic rings. The smallest absolute Gasteiger partial charge is 0.277 e. The molecular weight excluding hydrogens is 342 g/mol. The van der Waals surface area contributed by atoms with Gasteiger partial charge in [0.05, 0.1) is 6.54 Å². The Hall–Kier alpha value is -3.12. The highest BCUT2D eigenvalue weighted by molar-refractivity contribution is 6.30. The number of para-hydroxylation sites is 1. The molecule has 2 aromatic carbocycles. The van der Waals surface area contributed by atoms with Crippen molar-refractivity contribution < 1.29 is 14.1 Å². The third kappa shape index (κ3) is 4.45. The summed E-state index contributed by atoms with van der Waals surface area (Å²) in [5.41, 5.74) is 1.28. The van der Waals surface area contributed by atoms with Crippen molar-refractivity contribution in [1.29, 1.82) is 0 Å². The average molecular weight is 356 g/mol. The number of anilines is 1. The van der Waals surface area contributed by atoms with Crippen LogP contribution in [-0.2, 0) is 6.54 Å². The fraction of sp³-hybridized carbons (Fsp3) is 0.0556. The summed E-state index contributed by atoms with van der Waals surface area (Å²) in [6.45, 7) is 0.118. The lowest BCUT2D eigenvalue weighted by atomic mass is 10.2. The third-order valence-corrected chi connectivity index (χ3v) is 3.60. The van der Waals surface area contributed by atoms with Gasteiger partial charge in [0.15, 0.2) is 11.5 Å². The number of aromatic nitrogens is 1. The first-order valence-electron chi connectivity index (χ1n) is 7.47. The van der Waals surface area contributed by atoms with Crippen LogP contribution in [0.15, 0.2) is 65.2 Å². The number of hydrogen-bond donors (Lipinski definition) is 2. The molecule has 2 N–H and O–H groups in total. The van der Waals surface area contributed by atoms with Gasteiger partial charge in [0.1, 0.15) is 0 Å². The van der Waals surface area contributed by atoms with E-state index in [1.54, 1.807) is 36.4 Å². The molecule has 0 radical (unpaired) electrons. The van der Waals surface area contributed by atoms with Crippen LogP contribution in [0.5, 0.6) is 0 Å². The molecule has 0 aliphatic carbocycles. The zero-order chi connectivity index (χ0) is 17.6. The van der Waals surface area contributed by atoms with Gasteiger partial charge in [-0.25, -0.2) is 0 Å². The molecule has 6 nitrogen and oxygen atoms in total. The lowest BCUT2D eigenvalue weighted by Gasteiger charge is -2.02. The number of benzene rings is 2. The largest absolute Gasteiger partial charge is 0.359 e. The summed E-state index contributed by atoms with van der Waals surface area (Å²) in [5.74, 6) is -0.283. The Morgan fingerprint density at radius 2 is 1.72 bits per heavy atom. The topological polar surface area (TPSA) is 84.2 Å². The van der Waals surface area contributed by atoms with Crippen molar-refractivity contribution in [3.8, 4) is 0 Å². The second-order valence-corrected chi connectivity index (χ2v) is 5.62. The number of halogens is 1. The van der Waals surface area contributed by atoms with Gasteiger partial charge in [-0.2, -0.15) is 0 Å². The molecule has 126 valence electrons. The molecule has 0 saturated heterocycles. The highest BCUT2D eigenvalue weighted by Gasteiger charge is 2.13. The lowest BCUT2D eigenvalue weighted by Crippen LogP contribution is -2.22. The summed E-state index contributed by atoms with van der Waals surface area (Å²) in [6, 6.07) is 17.0. The zero-order valence-corrected chi connectivity index (χ0v) is 13.8. The number of carbonyl (C=O) groups is 2. The molecule has 0 fully saturated rings. The van der Waals surface area contributed by atoms with E-state index in [1.807, 2.05) is 18.2 Å². The van der Waals surface area contributed by atoms with Crippen molar-refractivity contribution in [1.82, 2.24) is 10.5 Å². The van der Waals surface area contributed by atoms with Crippen molar-refractivity contribution in [2.24, 2.45) is 0 Å². The van der Waals surface area contributed by atoms with Gasteiger partial charge in [0.25, 0.3) is 11.8 Å². The van der Waals surface area contributed by atoms with Gasteiger partial charge in [-0.15, -0.1) is 0 Å². The van der Waals surface area contributed by atoms with Crippen LogP contribution in [0.4, 0.5) is 5.69 Å². The van der Waals surface area contributed by atoms with E-state index in [4.69, 9.17) is 16.1 Å². The molecule has 1 heterocycles. The van der Waals surface area contributed by atoms with Gasteiger partial charge in [-0.05, 0) is 36.4 Å². The maximum absolute atomic E-state index is 12.1. The highest BCUT2D eigenvalue weighted by Crippen LogP contribution is 2.11. The van der Waals surface area contributed by atoms with Crippen molar-refractivity contribution in [2.45, 2.75) is 6.54 Å². The standard InChI is InChI=1S/C18H14ClN3O3/c19-13-8-6-12(7-9-13)17(23)20-11-15-10-16(22-25-15)18(24)21-14-4-2-1-3-5-14/h1-10H,11H2,(H,20,23)(H,21,24). The number of carbonyl (C=O) groups excluding carboxylic acids is 2. The molecule has 0 spiro atoms. The molecule has 3 rings (SSSR count). The van der Waals surface area contributed by atoms with Gasteiger partial charge in [-0.1, -0.05) is 35.0 Å². The van der Waals surface area contributed by atoms with E-state index in [-0.39, 0.29) is 24.1 Å². The van der Waals surface area contributed by atoms with Gasteiger partial charge < -0.3 is 15.2 Å². The summed E-state index contributed by atoms with van der Waals surface area (Å²) in [6.07, 6.45) is 0. The Kier molecular flexibility index (Phi) is 5.11. The third-order valence-electron chi connectivity index (χ3n) is 3.35. The molecule has 2 amide bonds. The summed E-state index contributed by atoms with van der Waals surface area (Å²) >= 11 is 5.79. The SMILES string of the molecule is O=C(NCc1cc(C(=O)Nc2ccccc2)no1)c1ccc(Cl)cc1. The zero-order valence-electron chi connectivity index (χ0n) is 13.0. The van der Waals surface area contributed by atoms with Crippen LogP contribution in [0.1, 0.15) is 26.6 Å². The van der Waals surface area contributed by atoms with E-state index in [9.17, 15) is 9.59 Å². The van der Waals surface area contributed by atoms with Crippen molar-refractivity contribution in [3.05, 3.63) is 82.7 Å². The maximum Gasteiger partial charge on any atom is 0.277 e. The van der Waals surface area contributed by atoms with Crippen molar-refractivity contribution in [2.75, 3.05) is 5.32 Å². The summed E-state index contributed by atoms with van der Waals surface area (Å²) < 4.78 is 5.08. The molecular formula is C18H14ClN3O3. The van der Waals surface area contributed by atoms with E-state index in [0.29, 0.717) is 22.0 Å². The second kappa shape index (κ2) is 7.63. The molecule has 7 heteroatoms. The molecule has 0 aliphatic heterocycles. The van der Waals surface area contributed by atoms with Crippen molar-refractivity contribution >= 4 is 29.1 Å². The lowest BCUT2D eigenvalue weighted by molar-refractivity contribution is 0.0945. The van der Waals surface area contributed by atoms with Gasteiger partial charge in [0.2, 0.25) is 0 Å². The van der Waals surface area contributed by atoms with E-state index in [2.05, 4.69) is 15.8 Å². The highest BCUT2D eigenvalue weighted by atomic mass is 35.5. The van der Waals surface area contributed by atoms with Crippen LogP contribution < -0.4 is 10.6 Å². The quantitative estimate of drug-likeness (QED) is 0.733. The van der Waals surface area contributed by atoms with Gasteiger partial charge in [-0.3, -0.25) is 9.59 Å². The average Bonchev–Trinajstić information content (AvgIpc) is 3.10. The number of nitrogens with zero attached hydrogens (tertiary/aromatic N) is 1. The van der Waals surface area contributed by atoms with E-state index in [0.717, 1.165) is 0 Å². The molecule has 1 aromatic heterocycles. The minimum atomic E-state index is -0.384. The normalized spacial score (nSPS) is 10.3. The van der Waals surface area contributed by atoms with Gasteiger partial charge >= 0.3 is 0 Å². The van der Waals surface area contributed by atoms with Crippen LogP contribution in [0.2, 0.25) is 5.02 Å². The number of hydrogen-bond acceptors (Lipinski definition) is 4. The minimum absolute atomic E-state index is 0.118. The predicted octanol–water partition coefficient (Wildman–Crippen LogP) is 3.51. The van der Waals surface area contributed by atoms with E-state index >= 15 is 0 Å². The molecule has 0 saturated carbocycles. The number of nitrogens with one attached hydrogen (secondary N) is 2. The molecule has 0 unspecified atom stereocenters. The molecule has 25 heavy (non-hydrogen) atoms. The Bertz CT molecular complexity index is 876. The number of rotatable bonds is 5. The first-order chi connectivity index (χ1) is 12.1. The monoisotopic (exact) mass is 355 g/mol. The van der Waals surface area contributed by atoms with Crippen LogP contribution in [0, 0.1) is 0 Å². The summed E-state index contributed by atoms with van der Waals surface area (Å²) in [7, 11) is 0. The van der Waals surface area contributed by atoms with Crippen LogP contribution >= 0.6 is 11.6 Å². The maximum atomic E-state index is 12.1.